The smallest absolute Gasteiger partial charge is 0.256 e. The molecule has 0 radical (unpaired) electrons. The van der Waals surface area contributed by atoms with Gasteiger partial charge in [0, 0.05) is 12.6 Å². The summed E-state index contributed by atoms with van der Waals surface area (Å²) in [5, 5.41) is 6.55. The number of hydrogen-bond acceptors (Lipinski definition) is 5. The summed E-state index contributed by atoms with van der Waals surface area (Å²) in [5.41, 5.74) is 1.27. The van der Waals surface area contributed by atoms with Crippen LogP contribution in [0.3, 0.4) is 0 Å². The van der Waals surface area contributed by atoms with E-state index < -0.39 is 23.7 Å². The van der Waals surface area contributed by atoms with Crippen LogP contribution in [0.5, 0.6) is 0 Å². The van der Waals surface area contributed by atoms with Crippen LogP contribution in [-0.4, -0.2) is 39.6 Å². The minimum absolute atomic E-state index is 0.175. The van der Waals surface area contributed by atoms with Crippen molar-refractivity contribution < 1.29 is 22.9 Å². The highest BCUT2D eigenvalue weighted by atomic mass is 32.1. The lowest BCUT2D eigenvalue weighted by atomic mass is 10.1. The average molecular weight is 471 g/mol. The van der Waals surface area contributed by atoms with Crippen molar-refractivity contribution in [3.05, 3.63) is 77.6 Å². The van der Waals surface area contributed by atoms with E-state index in [1.54, 1.807) is 30.0 Å². The summed E-state index contributed by atoms with van der Waals surface area (Å²) in [6.07, 6.45) is 0.303. The van der Waals surface area contributed by atoms with Crippen molar-refractivity contribution in [1.29, 1.82) is 0 Å². The number of rotatable bonds is 7. The molecule has 170 valence electrons. The summed E-state index contributed by atoms with van der Waals surface area (Å²) in [6.45, 7) is 2.02. The lowest BCUT2D eigenvalue weighted by Crippen LogP contribution is -2.39. The van der Waals surface area contributed by atoms with Crippen LogP contribution in [0.1, 0.15) is 17.7 Å². The first-order chi connectivity index (χ1) is 15.8. The van der Waals surface area contributed by atoms with Gasteiger partial charge in [-0.05, 0) is 67.5 Å². The van der Waals surface area contributed by atoms with Gasteiger partial charge in [0.25, 0.3) is 5.91 Å². The van der Waals surface area contributed by atoms with Gasteiger partial charge in [0.2, 0.25) is 5.91 Å². The summed E-state index contributed by atoms with van der Waals surface area (Å²) >= 11 is 5.57. The monoisotopic (exact) mass is 470 g/mol. The number of halogens is 2. The van der Waals surface area contributed by atoms with E-state index in [-0.39, 0.29) is 23.2 Å². The Morgan fingerprint density at radius 2 is 1.76 bits per heavy atom. The molecule has 0 bridgehead atoms. The minimum Gasteiger partial charge on any atom is -0.360 e. The second-order valence-electron chi connectivity index (χ2n) is 7.59. The van der Waals surface area contributed by atoms with Crippen LogP contribution in [0.2, 0.25) is 0 Å². The Balaban J connectivity index is 1.55. The van der Waals surface area contributed by atoms with Gasteiger partial charge in [-0.1, -0.05) is 17.3 Å². The fourth-order valence-corrected chi connectivity index (χ4v) is 4.02. The molecule has 3 aromatic rings. The first-order valence-electron chi connectivity index (χ1n) is 10.2. The molecule has 4 rings (SSSR count). The zero-order valence-corrected chi connectivity index (χ0v) is 18.4. The molecule has 0 spiro atoms. The number of carbonyl (C=O) groups is 2. The zero-order chi connectivity index (χ0) is 23.5. The maximum absolute atomic E-state index is 13.4. The van der Waals surface area contributed by atoms with Crippen molar-refractivity contribution in [2.75, 3.05) is 16.8 Å². The molecular formula is C23H20F2N4O3S. The van der Waals surface area contributed by atoms with E-state index in [4.69, 9.17) is 16.7 Å². The van der Waals surface area contributed by atoms with E-state index in [1.165, 1.54) is 41.3 Å². The van der Waals surface area contributed by atoms with Crippen LogP contribution in [-0.2, 0) is 16.0 Å². The second kappa shape index (κ2) is 9.45. The summed E-state index contributed by atoms with van der Waals surface area (Å²) in [5.74, 6) is -0.825. The molecule has 1 aliphatic rings. The third-order valence-corrected chi connectivity index (χ3v) is 5.65. The largest absolute Gasteiger partial charge is 0.360 e. The molecule has 1 aromatic heterocycles. The fourth-order valence-electron chi connectivity index (χ4n) is 3.61. The Hall–Kier alpha value is -3.66. The predicted octanol–water partition coefficient (Wildman–Crippen LogP) is 3.83. The molecule has 0 unspecified atom stereocenters. The molecule has 1 N–H and O–H groups in total. The predicted molar refractivity (Wildman–Crippen MR) is 122 cm³/mol. The summed E-state index contributed by atoms with van der Waals surface area (Å²) in [4.78, 5) is 28.9. The number of carbonyl (C=O) groups excluding carboxylic acids is 2. The summed E-state index contributed by atoms with van der Waals surface area (Å²) in [7, 11) is 0. The molecule has 7 nitrogen and oxygen atoms in total. The zero-order valence-electron chi connectivity index (χ0n) is 17.6. The number of aromatic nitrogens is 1. The molecule has 2 aromatic carbocycles. The third kappa shape index (κ3) is 5.06. The van der Waals surface area contributed by atoms with Crippen molar-refractivity contribution in [2.45, 2.75) is 25.8 Å². The van der Waals surface area contributed by atoms with Crippen LogP contribution >= 0.6 is 12.2 Å². The first kappa shape index (κ1) is 22.5. The van der Waals surface area contributed by atoms with Gasteiger partial charge in [-0.15, -0.1) is 0 Å². The molecule has 0 aliphatic carbocycles. The maximum Gasteiger partial charge on any atom is 0.256 e. The quantitative estimate of drug-likeness (QED) is 0.529. The van der Waals surface area contributed by atoms with Gasteiger partial charge >= 0.3 is 0 Å². The SMILES string of the molecule is Cc1cc(NC(=O)C[C@@H]2C(=O)N(c3ccc(F)cc3)C(=S)N2CCc2ccc(F)cc2)no1. The van der Waals surface area contributed by atoms with E-state index in [9.17, 15) is 18.4 Å². The van der Waals surface area contributed by atoms with Crippen LogP contribution < -0.4 is 10.2 Å². The minimum atomic E-state index is -0.865. The van der Waals surface area contributed by atoms with Crippen molar-refractivity contribution in [3.8, 4) is 0 Å². The van der Waals surface area contributed by atoms with Crippen molar-refractivity contribution in [1.82, 2.24) is 10.1 Å². The molecule has 1 atom stereocenters. The second-order valence-corrected chi connectivity index (χ2v) is 7.96. The van der Waals surface area contributed by atoms with E-state index in [1.807, 2.05) is 0 Å². The van der Waals surface area contributed by atoms with Gasteiger partial charge in [0.05, 0.1) is 12.1 Å². The molecule has 1 fully saturated rings. The standard InChI is InChI=1S/C23H20F2N4O3S/c1-14-12-20(27-32-14)26-21(30)13-19-22(31)29(18-8-6-17(25)7-9-18)23(33)28(19)11-10-15-2-4-16(24)5-3-15/h2-9,12,19H,10-11,13H2,1H3,(H,26,27,30)/t19-/m1/s1. The van der Waals surface area contributed by atoms with Crippen LogP contribution in [0.4, 0.5) is 20.3 Å². The van der Waals surface area contributed by atoms with Crippen molar-refractivity contribution in [3.63, 3.8) is 0 Å². The van der Waals surface area contributed by atoms with Gasteiger partial charge in [0.15, 0.2) is 10.9 Å². The van der Waals surface area contributed by atoms with Crippen molar-refractivity contribution in [2.24, 2.45) is 0 Å². The van der Waals surface area contributed by atoms with Crippen LogP contribution in [0, 0.1) is 18.6 Å². The molecule has 2 heterocycles. The lowest BCUT2D eigenvalue weighted by molar-refractivity contribution is -0.124. The Kier molecular flexibility index (Phi) is 6.45. The van der Waals surface area contributed by atoms with E-state index in [2.05, 4.69) is 10.5 Å². The molecule has 33 heavy (non-hydrogen) atoms. The number of aryl methyl sites for hydroxylation is 1. The highest BCUT2D eigenvalue weighted by molar-refractivity contribution is 7.80. The molecule has 1 saturated heterocycles. The number of nitrogens with zero attached hydrogens (tertiary/aromatic N) is 3. The Labute approximate surface area is 194 Å². The van der Waals surface area contributed by atoms with Gasteiger partial charge < -0.3 is 14.7 Å². The maximum atomic E-state index is 13.4. The number of anilines is 2. The number of hydrogen-bond donors (Lipinski definition) is 1. The highest BCUT2D eigenvalue weighted by Gasteiger charge is 2.44. The van der Waals surface area contributed by atoms with E-state index in [0.29, 0.717) is 24.4 Å². The Morgan fingerprint density at radius 1 is 1.12 bits per heavy atom. The highest BCUT2D eigenvalue weighted by Crippen LogP contribution is 2.28. The molecule has 1 aliphatic heterocycles. The summed E-state index contributed by atoms with van der Waals surface area (Å²) in [6, 6.07) is 12.1. The Bertz CT molecular complexity index is 1180. The van der Waals surface area contributed by atoms with Gasteiger partial charge in [-0.3, -0.25) is 14.5 Å². The number of benzene rings is 2. The van der Waals surface area contributed by atoms with E-state index >= 15 is 0 Å². The molecule has 2 amide bonds. The average Bonchev–Trinajstić information content (AvgIpc) is 3.29. The topological polar surface area (TPSA) is 78.7 Å². The first-order valence-corrected chi connectivity index (χ1v) is 10.6. The molecular weight excluding hydrogens is 450 g/mol. The van der Waals surface area contributed by atoms with Gasteiger partial charge in [-0.2, -0.15) is 0 Å². The molecule has 10 heteroatoms. The number of nitrogens with one attached hydrogen (secondary N) is 1. The van der Waals surface area contributed by atoms with Gasteiger partial charge in [0.1, 0.15) is 23.4 Å². The number of thiocarbonyl (C=S) groups is 1. The van der Waals surface area contributed by atoms with E-state index in [0.717, 1.165) is 5.56 Å². The Morgan fingerprint density at radius 3 is 2.36 bits per heavy atom. The fraction of sp³-hybridized carbons (Fsp3) is 0.217. The van der Waals surface area contributed by atoms with Crippen LogP contribution in [0.15, 0.2) is 59.1 Å². The van der Waals surface area contributed by atoms with Crippen molar-refractivity contribution >= 4 is 40.6 Å². The molecule has 0 saturated carbocycles. The number of amides is 2. The summed E-state index contributed by atoms with van der Waals surface area (Å²) < 4.78 is 31.6. The van der Waals surface area contributed by atoms with Gasteiger partial charge in [-0.25, -0.2) is 8.78 Å². The lowest BCUT2D eigenvalue weighted by Gasteiger charge is -2.23. The normalized spacial score (nSPS) is 15.9. The van der Waals surface area contributed by atoms with Crippen LogP contribution in [0.25, 0.3) is 0 Å². The third-order valence-electron chi connectivity index (χ3n) is 5.23.